The molecular formula is C24H54N6O. The molecule has 186 valence electrons. The molecule has 0 bridgehead atoms. The molecule has 0 saturated carbocycles. The molecule has 0 aromatic carbocycles. The predicted octanol–water partition coefficient (Wildman–Crippen LogP) is 1.63. The van der Waals surface area contributed by atoms with Crippen LogP contribution in [0.25, 0.3) is 0 Å². The third-order valence-corrected chi connectivity index (χ3v) is 5.84. The summed E-state index contributed by atoms with van der Waals surface area (Å²) < 4.78 is 5.73. The first-order chi connectivity index (χ1) is 14.9. The molecule has 0 aromatic heterocycles. The maximum Gasteiger partial charge on any atom is 0.0714 e. The standard InChI is InChI=1S/C11H24N2O.C8H17N.C5H13N3/c1-10(2)8-13-6-4-11(9-13)14-7-3-5-12;1-8(2)7-9-5-3-4-6-9;6-5-8-3-1-7-2-4-8/h10-11H,3-9,12H2,1-2H3;8H,3-7H2,1-2H3;7H,1-6H2. The van der Waals surface area contributed by atoms with Crippen molar-refractivity contribution in [2.75, 3.05) is 85.3 Å². The first-order valence-corrected chi connectivity index (χ1v) is 12.8. The Hall–Kier alpha value is -0.280. The number of piperazine rings is 1. The third kappa shape index (κ3) is 15.2. The molecule has 1 unspecified atom stereocenters. The molecule has 3 fully saturated rings. The number of likely N-dealkylation sites (tertiary alicyclic amines) is 2. The lowest BCUT2D eigenvalue weighted by molar-refractivity contribution is 0.0577. The second-order valence-corrected chi connectivity index (χ2v) is 10.0. The highest BCUT2D eigenvalue weighted by Gasteiger charge is 2.22. The summed E-state index contributed by atoms with van der Waals surface area (Å²) in [6, 6.07) is 0. The summed E-state index contributed by atoms with van der Waals surface area (Å²) in [5, 5.41) is 3.25. The molecule has 3 aliphatic rings. The fourth-order valence-electron chi connectivity index (χ4n) is 4.32. The molecule has 1 atom stereocenters. The van der Waals surface area contributed by atoms with E-state index in [-0.39, 0.29) is 0 Å². The van der Waals surface area contributed by atoms with Crippen LogP contribution in [0.5, 0.6) is 0 Å². The van der Waals surface area contributed by atoms with Crippen molar-refractivity contribution in [2.24, 2.45) is 23.3 Å². The Morgan fingerprint density at radius 3 is 1.97 bits per heavy atom. The molecule has 3 rings (SSSR count). The van der Waals surface area contributed by atoms with Crippen molar-refractivity contribution in [1.82, 2.24) is 20.0 Å². The van der Waals surface area contributed by atoms with E-state index in [4.69, 9.17) is 16.2 Å². The molecule has 5 N–H and O–H groups in total. The number of nitrogens with one attached hydrogen (secondary N) is 1. The molecule has 3 heterocycles. The summed E-state index contributed by atoms with van der Waals surface area (Å²) in [6.45, 7) is 23.3. The van der Waals surface area contributed by atoms with Crippen LogP contribution in [0, 0.1) is 11.8 Å². The fourth-order valence-corrected chi connectivity index (χ4v) is 4.32. The van der Waals surface area contributed by atoms with Crippen LogP contribution in [0.1, 0.15) is 53.4 Å². The average Bonchev–Trinajstić information content (AvgIpc) is 3.41. The smallest absolute Gasteiger partial charge is 0.0714 e. The summed E-state index contributed by atoms with van der Waals surface area (Å²) >= 11 is 0. The molecule has 0 radical (unpaired) electrons. The van der Waals surface area contributed by atoms with Gasteiger partial charge in [-0.15, -0.1) is 0 Å². The molecule has 7 nitrogen and oxygen atoms in total. The highest BCUT2D eigenvalue weighted by Crippen LogP contribution is 2.14. The van der Waals surface area contributed by atoms with E-state index < -0.39 is 0 Å². The largest absolute Gasteiger partial charge is 0.377 e. The molecule has 0 aliphatic carbocycles. The Bertz CT molecular complexity index is 398. The van der Waals surface area contributed by atoms with Gasteiger partial charge in [-0.05, 0) is 57.2 Å². The third-order valence-electron chi connectivity index (χ3n) is 5.84. The highest BCUT2D eigenvalue weighted by atomic mass is 16.5. The van der Waals surface area contributed by atoms with Gasteiger partial charge in [0, 0.05) is 65.6 Å². The second kappa shape index (κ2) is 18.2. The zero-order valence-electron chi connectivity index (χ0n) is 21.2. The summed E-state index contributed by atoms with van der Waals surface area (Å²) in [5.74, 6) is 1.61. The van der Waals surface area contributed by atoms with Gasteiger partial charge in [-0.3, -0.25) is 4.90 Å². The van der Waals surface area contributed by atoms with Gasteiger partial charge in [0.15, 0.2) is 0 Å². The number of hydrogen-bond acceptors (Lipinski definition) is 7. The van der Waals surface area contributed by atoms with Gasteiger partial charge in [-0.1, -0.05) is 27.7 Å². The number of rotatable bonds is 9. The zero-order chi connectivity index (χ0) is 22.9. The van der Waals surface area contributed by atoms with Crippen molar-refractivity contribution in [2.45, 2.75) is 59.5 Å². The number of hydrogen-bond donors (Lipinski definition) is 3. The Morgan fingerprint density at radius 1 is 0.839 bits per heavy atom. The van der Waals surface area contributed by atoms with Crippen LogP contribution in [0.4, 0.5) is 0 Å². The first kappa shape index (κ1) is 28.8. The van der Waals surface area contributed by atoms with Gasteiger partial charge in [0.25, 0.3) is 0 Å². The maximum absolute atomic E-state index is 5.73. The van der Waals surface area contributed by atoms with Crippen molar-refractivity contribution in [3.05, 3.63) is 0 Å². The van der Waals surface area contributed by atoms with E-state index in [0.29, 0.717) is 12.8 Å². The molecule has 31 heavy (non-hydrogen) atoms. The molecule has 3 saturated heterocycles. The molecule has 0 amide bonds. The minimum absolute atomic E-state index is 0.459. The Balaban J connectivity index is 0.000000245. The van der Waals surface area contributed by atoms with Crippen LogP contribution in [0.15, 0.2) is 0 Å². The topological polar surface area (TPSA) is 83.0 Å². The summed E-state index contributed by atoms with van der Waals surface area (Å²) in [7, 11) is 0. The van der Waals surface area contributed by atoms with E-state index in [1.807, 2.05) is 0 Å². The SMILES string of the molecule is CC(C)CN1CCC(OCCCN)C1.CC(C)CN1CCCC1.NCN1CCNCC1. The van der Waals surface area contributed by atoms with Gasteiger partial charge in [-0.2, -0.15) is 0 Å². The van der Waals surface area contributed by atoms with E-state index >= 15 is 0 Å². The van der Waals surface area contributed by atoms with Gasteiger partial charge < -0.3 is 31.3 Å². The lowest BCUT2D eigenvalue weighted by Gasteiger charge is -2.24. The summed E-state index contributed by atoms with van der Waals surface area (Å²) in [5.41, 5.74) is 10.8. The quantitative estimate of drug-likeness (QED) is 0.468. The lowest BCUT2D eigenvalue weighted by Crippen LogP contribution is -2.45. The maximum atomic E-state index is 5.73. The molecule has 7 heteroatoms. The molecule has 3 aliphatic heterocycles. The van der Waals surface area contributed by atoms with Crippen LogP contribution >= 0.6 is 0 Å². The Morgan fingerprint density at radius 2 is 1.45 bits per heavy atom. The number of nitrogens with two attached hydrogens (primary N) is 2. The Kier molecular flexibility index (Phi) is 16.9. The van der Waals surface area contributed by atoms with Gasteiger partial charge >= 0.3 is 0 Å². The Labute approximate surface area is 193 Å². The van der Waals surface area contributed by atoms with Crippen LogP contribution in [-0.2, 0) is 4.74 Å². The van der Waals surface area contributed by atoms with Gasteiger partial charge in [0.05, 0.1) is 6.10 Å². The summed E-state index contributed by atoms with van der Waals surface area (Å²) in [4.78, 5) is 7.29. The average molecular weight is 443 g/mol. The zero-order valence-corrected chi connectivity index (χ0v) is 21.2. The summed E-state index contributed by atoms with van der Waals surface area (Å²) in [6.07, 6.45) is 5.48. The van der Waals surface area contributed by atoms with Crippen molar-refractivity contribution >= 4 is 0 Å². The van der Waals surface area contributed by atoms with E-state index in [2.05, 4.69) is 47.7 Å². The van der Waals surface area contributed by atoms with Crippen molar-refractivity contribution < 1.29 is 4.74 Å². The van der Waals surface area contributed by atoms with Crippen LogP contribution < -0.4 is 16.8 Å². The second-order valence-electron chi connectivity index (χ2n) is 10.0. The molecule has 0 spiro atoms. The van der Waals surface area contributed by atoms with Crippen LogP contribution in [0.2, 0.25) is 0 Å². The van der Waals surface area contributed by atoms with E-state index in [1.165, 1.54) is 52.0 Å². The fraction of sp³-hybridized carbons (Fsp3) is 1.00. The van der Waals surface area contributed by atoms with Crippen molar-refractivity contribution in [3.8, 4) is 0 Å². The minimum atomic E-state index is 0.459. The van der Waals surface area contributed by atoms with Crippen molar-refractivity contribution in [3.63, 3.8) is 0 Å². The first-order valence-electron chi connectivity index (χ1n) is 12.8. The van der Waals surface area contributed by atoms with E-state index in [0.717, 1.165) is 64.1 Å². The van der Waals surface area contributed by atoms with Gasteiger partial charge in [0.2, 0.25) is 0 Å². The van der Waals surface area contributed by atoms with Gasteiger partial charge in [0.1, 0.15) is 0 Å². The minimum Gasteiger partial charge on any atom is -0.377 e. The number of ether oxygens (including phenoxy) is 1. The van der Waals surface area contributed by atoms with E-state index in [9.17, 15) is 0 Å². The predicted molar refractivity (Wildman–Crippen MR) is 133 cm³/mol. The van der Waals surface area contributed by atoms with Crippen LogP contribution in [0.3, 0.4) is 0 Å². The molecule has 0 aromatic rings. The van der Waals surface area contributed by atoms with Crippen molar-refractivity contribution in [1.29, 1.82) is 0 Å². The lowest BCUT2D eigenvalue weighted by atomic mass is 10.2. The van der Waals surface area contributed by atoms with Gasteiger partial charge in [-0.25, -0.2) is 0 Å². The molecular weight excluding hydrogens is 388 g/mol. The van der Waals surface area contributed by atoms with Crippen LogP contribution in [-0.4, -0.2) is 106 Å². The highest BCUT2D eigenvalue weighted by molar-refractivity contribution is 4.76. The monoisotopic (exact) mass is 442 g/mol. The number of nitrogens with zero attached hydrogens (tertiary/aromatic N) is 3. The normalized spacial score (nSPS) is 23.0. The van der Waals surface area contributed by atoms with E-state index in [1.54, 1.807) is 0 Å².